The van der Waals surface area contributed by atoms with E-state index >= 15 is 0 Å². The molecule has 1 saturated heterocycles. The molecule has 1 atom stereocenters. The molecule has 32 heavy (non-hydrogen) atoms. The first-order chi connectivity index (χ1) is 15.2. The van der Waals surface area contributed by atoms with Crippen molar-refractivity contribution in [2.45, 2.75) is 13.3 Å². The number of hydrogen-bond acceptors (Lipinski definition) is 5. The number of fused-ring (bicyclic) bond motifs is 1. The maximum atomic E-state index is 14.4. The van der Waals surface area contributed by atoms with Gasteiger partial charge in [0.05, 0.1) is 27.5 Å². The number of rotatable bonds is 3. The smallest absolute Gasteiger partial charge is 0.409 e. The number of hydrogen-bond donors (Lipinski definition) is 3. The highest BCUT2D eigenvalue weighted by molar-refractivity contribution is 6.31. The second-order valence-electron chi connectivity index (χ2n) is 8.09. The molecule has 1 aliphatic rings. The van der Waals surface area contributed by atoms with Crippen molar-refractivity contribution in [3.8, 4) is 11.8 Å². The molecule has 0 radical (unpaired) electrons. The van der Waals surface area contributed by atoms with Gasteiger partial charge in [-0.3, -0.25) is 5.32 Å². The molecule has 1 fully saturated rings. The van der Waals surface area contributed by atoms with E-state index in [0.717, 1.165) is 19.5 Å². The Bertz CT molecular complexity index is 1270. The Hall–Kier alpha value is -3.41. The average Bonchev–Trinajstić information content (AvgIpc) is 3.09. The largest absolute Gasteiger partial charge is 0.465 e. The summed E-state index contributed by atoms with van der Waals surface area (Å²) >= 11 is 5.87. The van der Waals surface area contributed by atoms with E-state index in [4.69, 9.17) is 11.6 Å². The minimum absolute atomic E-state index is 0.0230. The van der Waals surface area contributed by atoms with Gasteiger partial charge in [0, 0.05) is 17.3 Å². The zero-order valence-electron chi connectivity index (χ0n) is 17.5. The van der Waals surface area contributed by atoms with Crippen LogP contribution in [0.4, 0.5) is 26.4 Å². The van der Waals surface area contributed by atoms with Gasteiger partial charge in [-0.1, -0.05) is 29.5 Å². The summed E-state index contributed by atoms with van der Waals surface area (Å²) < 4.78 is 14.4. The fourth-order valence-electron chi connectivity index (χ4n) is 3.76. The van der Waals surface area contributed by atoms with Gasteiger partial charge in [-0.05, 0) is 51.2 Å². The second-order valence-corrected chi connectivity index (χ2v) is 8.50. The van der Waals surface area contributed by atoms with Gasteiger partial charge in [-0.2, -0.15) is 0 Å². The summed E-state index contributed by atoms with van der Waals surface area (Å²) in [7, 11) is 2.05. The Morgan fingerprint density at radius 2 is 2.12 bits per heavy atom. The molecule has 1 amide bonds. The van der Waals surface area contributed by atoms with Crippen LogP contribution in [0.5, 0.6) is 0 Å². The molecule has 2 aromatic carbocycles. The molecule has 3 aromatic rings. The minimum atomic E-state index is -1.22. The zero-order valence-corrected chi connectivity index (χ0v) is 18.3. The Kier molecular flexibility index (Phi) is 5.87. The number of likely N-dealkylation sites (tertiary alicyclic amines) is 1. The predicted octanol–water partition coefficient (Wildman–Crippen LogP) is 4.95. The summed E-state index contributed by atoms with van der Waals surface area (Å²) in [5, 5.41) is 15.1. The number of carboxylic acid groups (broad SMARTS) is 1. The topological polar surface area (TPSA) is 90.4 Å². The molecule has 3 N–H and O–H groups in total. The molecular formula is C23H21ClFN5O2. The summed E-state index contributed by atoms with van der Waals surface area (Å²) in [5.41, 5.74) is 1.32. The zero-order chi connectivity index (χ0) is 22.9. The maximum Gasteiger partial charge on any atom is 0.409 e. The maximum absolute atomic E-state index is 14.4. The highest BCUT2D eigenvalue weighted by Crippen LogP contribution is 2.32. The molecule has 9 heteroatoms. The molecule has 1 aliphatic heterocycles. The first-order valence-corrected chi connectivity index (χ1v) is 10.3. The van der Waals surface area contributed by atoms with Crippen LogP contribution in [0.2, 0.25) is 5.02 Å². The molecule has 4 rings (SSSR count). The number of aromatic nitrogens is 2. The number of nitrogens with zero attached hydrogens (tertiary/aromatic N) is 3. The molecule has 2 heterocycles. The lowest BCUT2D eigenvalue weighted by atomic mass is 9.90. The molecule has 164 valence electrons. The van der Waals surface area contributed by atoms with Gasteiger partial charge in [-0.25, -0.2) is 19.2 Å². The lowest BCUT2D eigenvalue weighted by molar-refractivity contribution is 0.209. The Labute approximate surface area is 189 Å². The number of carbonyl (C=O) groups is 1. The standard InChI is InChI=1S/C23H21ClFN5O2/c1-23(8-9-30(2)12-23)7-6-14-10-19-15(11-18(14)29-22(31)32)21(27-13-26-19)28-17-5-3-4-16(24)20(17)25/h3-5,10-11,13,29H,8-9,12H2,1-2H3,(H,31,32)(H,26,27,28). The van der Waals surface area contributed by atoms with Crippen LogP contribution in [0, 0.1) is 23.1 Å². The van der Waals surface area contributed by atoms with Crippen molar-refractivity contribution < 1.29 is 14.3 Å². The van der Waals surface area contributed by atoms with Crippen LogP contribution >= 0.6 is 11.6 Å². The Morgan fingerprint density at radius 3 is 2.84 bits per heavy atom. The fourth-order valence-corrected chi connectivity index (χ4v) is 3.94. The van der Waals surface area contributed by atoms with E-state index in [-0.39, 0.29) is 16.1 Å². The lowest BCUT2D eigenvalue weighted by Crippen LogP contribution is -2.20. The molecule has 7 nitrogen and oxygen atoms in total. The third kappa shape index (κ3) is 4.59. The van der Waals surface area contributed by atoms with E-state index in [1.165, 1.54) is 18.5 Å². The van der Waals surface area contributed by atoms with Crippen molar-refractivity contribution in [3.05, 3.63) is 53.1 Å². The summed E-state index contributed by atoms with van der Waals surface area (Å²) in [6.45, 7) is 3.90. The van der Waals surface area contributed by atoms with Crippen molar-refractivity contribution >= 4 is 45.8 Å². The highest BCUT2D eigenvalue weighted by atomic mass is 35.5. The van der Waals surface area contributed by atoms with Crippen LogP contribution in [-0.4, -0.2) is 46.2 Å². The summed E-state index contributed by atoms with van der Waals surface area (Å²) in [6, 6.07) is 7.90. The van der Waals surface area contributed by atoms with E-state index in [9.17, 15) is 14.3 Å². The fraction of sp³-hybridized carbons (Fsp3) is 0.261. The van der Waals surface area contributed by atoms with Crippen molar-refractivity contribution in [2.75, 3.05) is 30.8 Å². The third-order valence-corrected chi connectivity index (χ3v) is 5.68. The molecule has 0 bridgehead atoms. The number of halogens is 2. The quantitative estimate of drug-likeness (QED) is 0.486. The Morgan fingerprint density at radius 1 is 1.31 bits per heavy atom. The van der Waals surface area contributed by atoms with Gasteiger partial charge in [0.1, 0.15) is 12.1 Å². The Balaban J connectivity index is 1.78. The molecule has 0 saturated carbocycles. The molecule has 0 aliphatic carbocycles. The van der Waals surface area contributed by atoms with Crippen molar-refractivity contribution in [1.29, 1.82) is 0 Å². The molecule has 0 spiro atoms. The van der Waals surface area contributed by atoms with Crippen LogP contribution in [0.25, 0.3) is 10.9 Å². The van der Waals surface area contributed by atoms with Crippen LogP contribution in [0.1, 0.15) is 18.9 Å². The summed E-state index contributed by atoms with van der Waals surface area (Å²) in [5.74, 6) is 6.15. The monoisotopic (exact) mass is 453 g/mol. The molecule has 1 unspecified atom stereocenters. The first-order valence-electron chi connectivity index (χ1n) is 9.95. The van der Waals surface area contributed by atoms with Gasteiger partial charge in [-0.15, -0.1) is 0 Å². The third-order valence-electron chi connectivity index (χ3n) is 5.38. The molecule has 1 aromatic heterocycles. The first kappa shape index (κ1) is 21.8. The van der Waals surface area contributed by atoms with Gasteiger partial charge in [0.15, 0.2) is 5.82 Å². The number of benzene rings is 2. The second kappa shape index (κ2) is 8.61. The van der Waals surface area contributed by atoms with E-state index < -0.39 is 11.9 Å². The number of amides is 1. The molecular weight excluding hydrogens is 433 g/mol. The number of nitrogens with one attached hydrogen (secondary N) is 2. The van der Waals surface area contributed by atoms with Crippen molar-refractivity contribution in [2.24, 2.45) is 5.41 Å². The van der Waals surface area contributed by atoms with Crippen LogP contribution in [0.15, 0.2) is 36.7 Å². The van der Waals surface area contributed by atoms with Crippen LogP contribution in [-0.2, 0) is 0 Å². The summed E-state index contributed by atoms with van der Waals surface area (Å²) in [4.78, 5) is 22.1. The van der Waals surface area contributed by atoms with Crippen molar-refractivity contribution in [3.63, 3.8) is 0 Å². The van der Waals surface area contributed by atoms with Gasteiger partial charge >= 0.3 is 6.09 Å². The lowest BCUT2D eigenvalue weighted by Gasteiger charge is -2.16. The predicted molar refractivity (Wildman–Crippen MR) is 123 cm³/mol. The summed E-state index contributed by atoms with van der Waals surface area (Å²) in [6.07, 6.45) is 1.07. The minimum Gasteiger partial charge on any atom is -0.465 e. The van der Waals surface area contributed by atoms with Crippen molar-refractivity contribution in [1.82, 2.24) is 14.9 Å². The average molecular weight is 454 g/mol. The van der Waals surface area contributed by atoms with E-state index in [0.29, 0.717) is 28.0 Å². The van der Waals surface area contributed by atoms with Crippen LogP contribution in [0.3, 0.4) is 0 Å². The number of anilines is 3. The normalized spacial score (nSPS) is 18.2. The van der Waals surface area contributed by atoms with Gasteiger partial charge < -0.3 is 15.3 Å². The van der Waals surface area contributed by atoms with Gasteiger partial charge in [0.2, 0.25) is 0 Å². The van der Waals surface area contributed by atoms with E-state index in [2.05, 4.69) is 51.3 Å². The van der Waals surface area contributed by atoms with E-state index in [1.54, 1.807) is 18.2 Å². The SMILES string of the molecule is CN1CCC(C)(C#Cc2cc3ncnc(Nc4cccc(Cl)c4F)c3cc2NC(=O)O)C1. The van der Waals surface area contributed by atoms with E-state index in [1.807, 2.05) is 0 Å². The van der Waals surface area contributed by atoms with Gasteiger partial charge in [0.25, 0.3) is 0 Å². The highest BCUT2D eigenvalue weighted by Gasteiger charge is 2.30. The van der Waals surface area contributed by atoms with Crippen LogP contribution < -0.4 is 10.6 Å².